The third kappa shape index (κ3) is 3.10. The molecule has 146 valence electrons. The molecule has 0 fully saturated rings. The summed E-state index contributed by atoms with van der Waals surface area (Å²) in [5.41, 5.74) is 3.15. The molecule has 2 nitrogen and oxygen atoms in total. The fraction of sp³-hybridized carbons (Fsp3) is 0. The molecule has 0 radical (unpaired) electrons. The van der Waals surface area contributed by atoms with Gasteiger partial charge in [-0.15, -0.1) is 0 Å². The van der Waals surface area contributed by atoms with Crippen LogP contribution in [0.5, 0.6) is 0 Å². The van der Waals surface area contributed by atoms with E-state index in [0.717, 1.165) is 16.9 Å². The summed E-state index contributed by atoms with van der Waals surface area (Å²) in [6.07, 6.45) is 1.95. The molecule has 6 aromatic rings. The van der Waals surface area contributed by atoms with Crippen molar-refractivity contribution in [1.82, 2.24) is 0 Å². The van der Waals surface area contributed by atoms with Crippen LogP contribution in [-0.4, -0.2) is 6.21 Å². The van der Waals surface area contributed by atoms with Crippen molar-refractivity contribution < 1.29 is 0 Å². The number of para-hydroxylation sites is 2. The van der Waals surface area contributed by atoms with Crippen LogP contribution in [0.15, 0.2) is 120 Å². The fourth-order valence-electron chi connectivity index (χ4n) is 4.40. The molecule has 0 saturated carbocycles. The minimum absolute atomic E-state index is 1.03. The highest BCUT2D eigenvalue weighted by molar-refractivity contribution is 6.23. The van der Waals surface area contributed by atoms with E-state index in [2.05, 4.69) is 78.9 Å². The molecule has 0 saturated heterocycles. The molecule has 0 heterocycles. The molecule has 0 aliphatic carbocycles. The lowest BCUT2D eigenvalue weighted by Gasteiger charge is -2.19. The molecule has 0 aromatic heterocycles. The van der Waals surface area contributed by atoms with E-state index in [1.54, 1.807) is 0 Å². The normalized spacial score (nSPS) is 11.7. The van der Waals surface area contributed by atoms with Crippen LogP contribution in [0.2, 0.25) is 0 Å². The Kier molecular flexibility index (Phi) is 4.14. The van der Waals surface area contributed by atoms with Crippen molar-refractivity contribution in [2.24, 2.45) is 5.10 Å². The molecule has 2 heteroatoms. The van der Waals surface area contributed by atoms with E-state index in [-0.39, 0.29) is 0 Å². The van der Waals surface area contributed by atoms with Crippen LogP contribution >= 0.6 is 0 Å². The molecular weight excluding hydrogens is 376 g/mol. The number of hydrazone groups is 1. The standard InChI is InChI=1S/C29H20N2/c1-3-10-26(11-4-1)31(27-12-5-2-6-13-27)30-20-21-18-24-16-14-22-8-7-9-23-15-17-25(19-21)29(24)28(22)23/h1-20H. The van der Waals surface area contributed by atoms with Crippen molar-refractivity contribution in [1.29, 1.82) is 0 Å². The molecule has 0 atom stereocenters. The number of rotatable bonds is 4. The fourth-order valence-corrected chi connectivity index (χ4v) is 4.40. The predicted molar refractivity (Wildman–Crippen MR) is 133 cm³/mol. The van der Waals surface area contributed by atoms with E-state index in [1.165, 1.54) is 32.3 Å². The van der Waals surface area contributed by atoms with E-state index in [9.17, 15) is 0 Å². The van der Waals surface area contributed by atoms with Gasteiger partial charge in [0.2, 0.25) is 0 Å². The first-order valence-electron chi connectivity index (χ1n) is 10.5. The van der Waals surface area contributed by atoms with Crippen molar-refractivity contribution in [3.8, 4) is 0 Å². The van der Waals surface area contributed by atoms with E-state index in [0.29, 0.717) is 0 Å². The third-order valence-electron chi connectivity index (χ3n) is 5.81. The van der Waals surface area contributed by atoms with Crippen LogP contribution < -0.4 is 5.01 Å². The first-order chi connectivity index (χ1) is 15.4. The smallest absolute Gasteiger partial charge is 0.0652 e. The zero-order chi connectivity index (χ0) is 20.6. The van der Waals surface area contributed by atoms with Gasteiger partial charge in [0.05, 0.1) is 17.6 Å². The summed E-state index contributed by atoms with van der Waals surface area (Å²) in [7, 11) is 0. The molecule has 0 unspecified atom stereocenters. The molecule has 0 bridgehead atoms. The van der Waals surface area contributed by atoms with Crippen LogP contribution in [0.4, 0.5) is 11.4 Å². The highest BCUT2D eigenvalue weighted by Gasteiger charge is 2.10. The van der Waals surface area contributed by atoms with Gasteiger partial charge in [-0.3, -0.25) is 0 Å². The average Bonchev–Trinajstić information content (AvgIpc) is 2.84. The van der Waals surface area contributed by atoms with Crippen LogP contribution in [-0.2, 0) is 0 Å². The lowest BCUT2D eigenvalue weighted by Crippen LogP contribution is -2.09. The van der Waals surface area contributed by atoms with Crippen molar-refractivity contribution in [2.45, 2.75) is 0 Å². The number of anilines is 2. The molecule has 0 amide bonds. The summed E-state index contributed by atoms with van der Waals surface area (Å²) in [6, 6.07) is 40.3. The molecule has 6 aromatic carbocycles. The molecule has 0 N–H and O–H groups in total. The Morgan fingerprint density at radius 1 is 0.484 bits per heavy atom. The van der Waals surface area contributed by atoms with Crippen molar-refractivity contribution in [2.75, 3.05) is 5.01 Å². The molecule has 0 aliphatic rings. The topological polar surface area (TPSA) is 15.6 Å². The highest BCUT2D eigenvalue weighted by Crippen LogP contribution is 2.35. The number of hydrogen-bond acceptors (Lipinski definition) is 2. The summed E-state index contributed by atoms with van der Waals surface area (Å²) in [5.74, 6) is 0. The summed E-state index contributed by atoms with van der Waals surface area (Å²) in [5, 5.41) is 14.6. The first kappa shape index (κ1) is 17.7. The van der Waals surface area contributed by atoms with Gasteiger partial charge in [0.1, 0.15) is 0 Å². The molecular formula is C29H20N2. The lowest BCUT2D eigenvalue weighted by molar-refractivity contribution is 1.09. The maximum absolute atomic E-state index is 4.88. The minimum Gasteiger partial charge on any atom is -0.234 e. The number of benzene rings is 6. The second-order valence-corrected chi connectivity index (χ2v) is 7.78. The predicted octanol–water partition coefficient (Wildman–Crippen LogP) is 7.76. The van der Waals surface area contributed by atoms with E-state index < -0.39 is 0 Å². The van der Waals surface area contributed by atoms with E-state index >= 15 is 0 Å². The summed E-state index contributed by atoms with van der Waals surface area (Å²) < 4.78 is 0. The molecule has 0 spiro atoms. The number of hydrogen-bond donors (Lipinski definition) is 0. The molecule has 6 rings (SSSR count). The molecule has 0 aliphatic heterocycles. The second-order valence-electron chi connectivity index (χ2n) is 7.78. The monoisotopic (exact) mass is 396 g/mol. The summed E-state index contributed by atoms with van der Waals surface area (Å²) in [6.45, 7) is 0. The minimum atomic E-state index is 1.03. The van der Waals surface area contributed by atoms with Crippen LogP contribution in [0, 0.1) is 0 Å². The Bertz CT molecular complexity index is 1420. The lowest BCUT2D eigenvalue weighted by atomic mass is 9.93. The van der Waals surface area contributed by atoms with Gasteiger partial charge in [0, 0.05) is 0 Å². The quantitative estimate of drug-likeness (QED) is 0.169. The zero-order valence-corrected chi connectivity index (χ0v) is 16.9. The Morgan fingerprint density at radius 2 is 0.968 bits per heavy atom. The second kappa shape index (κ2) is 7.26. The van der Waals surface area contributed by atoms with Gasteiger partial charge in [0.25, 0.3) is 0 Å². The Morgan fingerprint density at radius 3 is 1.52 bits per heavy atom. The largest absolute Gasteiger partial charge is 0.234 e. The highest BCUT2D eigenvalue weighted by atomic mass is 15.5. The van der Waals surface area contributed by atoms with Crippen molar-refractivity contribution in [3.63, 3.8) is 0 Å². The van der Waals surface area contributed by atoms with Crippen LogP contribution in [0.1, 0.15) is 5.56 Å². The molecule has 31 heavy (non-hydrogen) atoms. The SMILES string of the molecule is C(=NN(c1ccccc1)c1ccccc1)c1cc2ccc3cccc4ccc(c1)c2c34. The summed E-state index contributed by atoms with van der Waals surface area (Å²) in [4.78, 5) is 0. The van der Waals surface area contributed by atoms with Gasteiger partial charge in [-0.1, -0.05) is 78.9 Å². The maximum atomic E-state index is 4.88. The van der Waals surface area contributed by atoms with Gasteiger partial charge >= 0.3 is 0 Å². The zero-order valence-electron chi connectivity index (χ0n) is 16.9. The van der Waals surface area contributed by atoms with Crippen molar-refractivity contribution >= 4 is 49.9 Å². The average molecular weight is 396 g/mol. The van der Waals surface area contributed by atoms with E-state index in [1.807, 2.05) is 47.6 Å². The van der Waals surface area contributed by atoms with Crippen molar-refractivity contribution in [3.05, 3.63) is 121 Å². The maximum Gasteiger partial charge on any atom is 0.0652 e. The number of nitrogens with zero attached hydrogens (tertiary/aromatic N) is 2. The van der Waals surface area contributed by atoms with Gasteiger partial charge in [0.15, 0.2) is 0 Å². The Balaban J connectivity index is 1.48. The Labute approximate surface area is 181 Å². The Hall–Kier alpha value is -4.17. The first-order valence-corrected chi connectivity index (χ1v) is 10.5. The van der Waals surface area contributed by atoms with Crippen LogP contribution in [0.3, 0.4) is 0 Å². The van der Waals surface area contributed by atoms with Gasteiger partial charge in [-0.2, -0.15) is 5.10 Å². The van der Waals surface area contributed by atoms with E-state index in [4.69, 9.17) is 5.10 Å². The van der Waals surface area contributed by atoms with Gasteiger partial charge in [-0.05, 0) is 74.3 Å². The summed E-state index contributed by atoms with van der Waals surface area (Å²) >= 11 is 0. The van der Waals surface area contributed by atoms with Gasteiger partial charge < -0.3 is 0 Å². The van der Waals surface area contributed by atoms with Crippen LogP contribution in [0.25, 0.3) is 32.3 Å². The third-order valence-corrected chi connectivity index (χ3v) is 5.81. The van der Waals surface area contributed by atoms with Gasteiger partial charge in [-0.25, -0.2) is 5.01 Å².